The summed E-state index contributed by atoms with van der Waals surface area (Å²) >= 11 is 0. The van der Waals surface area contributed by atoms with Crippen LogP contribution in [0, 0.1) is 5.92 Å². The van der Waals surface area contributed by atoms with Crippen LogP contribution in [-0.2, 0) is 11.3 Å². The monoisotopic (exact) mass is 392 g/mol. The minimum Gasteiger partial charge on any atom is -0.454 e. The van der Waals surface area contributed by atoms with Crippen LogP contribution in [0.25, 0.3) is 11.0 Å². The number of hydrogen-bond acceptors (Lipinski definition) is 5. The Bertz CT molecular complexity index is 1050. The van der Waals surface area contributed by atoms with Crippen molar-refractivity contribution in [3.05, 3.63) is 42.5 Å². The van der Waals surface area contributed by atoms with Crippen molar-refractivity contribution in [3.8, 4) is 11.5 Å². The van der Waals surface area contributed by atoms with Crippen LogP contribution in [0.15, 0.2) is 42.5 Å². The van der Waals surface area contributed by atoms with E-state index in [1.807, 2.05) is 30.3 Å². The largest absolute Gasteiger partial charge is 0.454 e. The zero-order valence-corrected chi connectivity index (χ0v) is 16.4. The second kappa shape index (κ2) is 7.31. The number of carbonyl (C=O) groups excluding carboxylic acids is 1. The number of ether oxygens (including phenoxy) is 2. The molecule has 2 aromatic carbocycles. The van der Waals surface area contributed by atoms with Gasteiger partial charge in [0.2, 0.25) is 18.6 Å². The number of nitrogens with zero attached hydrogens (tertiary/aromatic N) is 3. The van der Waals surface area contributed by atoms with Gasteiger partial charge in [0, 0.05) is 37.3 Å². The molecule has 1 aromatic heterocycles. The minimum absolute atomic E-state index is 0.00359. The number of piperidine rings is 1. The number of imidazole rings is 1. The van der Waals surface area contributed by atoms with Gasteiger partial charge in [0.1, 0.15) is 0 Å². The maximum atomic E-state index is 12.8. The first-order valence-electron chi connectivity index (χ1n) is 10.1. The summed E-state index contributed by atoms with van der Waals surface area (Å²) in [7, 11) is 0. The quantitative estimate of drug-likeness (QED) is 0.734. The molecular weight excluding hydrogens is 368 g/mol. The topological polar surface area (TPSA) is 68.6 Å². The van der Waals surface area contributed by atoms with Crippen LogP contribution in [0.2, 0.25) is 0 Å². The molecule has 1 N–H and O–H groups in total. The number of benzene rings is 2. The number of hydrogen-bond donors (Lipinski definition) is 1. The van der Waals surface area contributed by atoms with Crippen molar-refractivity contribution in [2.75, 3.05) is 30.1 Å². The third-order valence-corrected chi connectivity index (χ3v) is 5.74. The fraction of sp³-hybridized carbons (Fsp3) is 0.364. The number of nitrogens with one attached hydrogen (secondary N) is 1. The zero-order valence-electron chi connectivity index (χ0n) is 16.4. The summed E-state index contributed by atoms with van der Waals surface area (Å²) in [5.41, 5.74) is 2.93. The number of aryl methyl sites for hydroxylation is 1. The van der Waals surface area contributed by atoms with Gasteiger partial charge in [-0.15, -0.1) is 0 Å². The lowest BCUT2D eigenvalue weighted by molar-refractivity contribution is -0.120. The number of rotatable bonds is 4. The van der Waals surface area contributed by atoms with Gasteiger partial charge in [-0.25, -0.2) is 4.98 Å². The highest BCUT2D eigenvalue weighted by Gasteiger charge is 2.28. The van der Waals surface area contributed by atoms with Gasteiger partial charge >= 0.3 is 0 Å². The zero-order chi connectivity index (χ0) is 19.8. The van der Waals surface area contributed by atoms with E-state index in [2.05, 4.69) is 33.8 Å². The second-order valence-electron chi connectivity index (χ2n) is 7.46. The third kappa shape index (κ3) is 3.26. The highest BCUT2D eigenvalue weighted by Crippen LogP contribution is 2.34. The van der Waals surface area contributed by atoms with Gasteiger partial charge in [-0.1, -0.05) is 12.1 Å². The maximum absolute atomic E-state index is 12.8. The Kier molecular flexibility index (Phi) is 4.50. The molecule has 1 fully saturated rings. The van der Waals surface area contributed by atoms with Gasteiger partial charge in [-0.05, 0) is 44.0 Å². The Hall–Kier alpha value is -3.22. The molecule has 3 heterocycles. The van der Waals surface area contributed by atoms with E-state index in [0.29, 0.717) is 5.75 Å². The number of aromatic nitrogens is 2. The van der Waals surface area contributed by atoms with Gasteiger partial charge in [0.25, 0.3) is 0 Å². The predicted molar refractivity (Wildman–Crippen MR) is 112 cm³/mol. The molecular formula is C22H24N4O3. The molecule has 7 nitrogen and oxygen atoms in total. The Morgan fingerprint density at radius 2 is 1.93 bits per heavy atom. The molecule has 1 saturated heterocycles. The van der Waals surface area contributed by atoms with Gasteiger partial charge in [-0.2, -0.15) is 0 Å². The van der Waals surface area contributed by atoms with Crippen LogP contribution >= 0.6 is 0 Å². The third-order valence-electron chi connectivity index (χ3n) is 5.74. The van der Waals surface area contributed by atoms with Crippen molar-refractivity contribution in [1.29, 1.82) is 0 Å². The van der Waals surface area contributed by atoms with Crippen LogP contribution < -0.4 is 19.7 Å². The first-order chi connectivity index (χ1) is 14.2. The molecule has 0 atom stereocenters. The Morgan fingerprint density at radius 3 is 2.76 bits per heavy atom. The number of carbonyl (C=O) groups is 1. The highest BCUT2D eigenvalue weighted by atomic mass is 16.7. The standard InChI is InChI=1S/C22H24N4O3/c1-2-26-18-6-4-3-5-17(18)24-22(26)25-11-9-15(10-12-25)21(27)23-16-7-8-19-20(13-16)29-14-28-19/h3-8,13,15H,2,9-12,14H2,1H3,(H,23,27). The second-order valence-corrected chi connectivity index (χ2v) is 7.46. The molecule has 0 unspecified atom stereocenters. The van der Waals surface area contributed by atoms with Crippen molar-refractivity contribution in [3.63, 3.8) is 0 Å². The molecule has 150 valence electrons. The van der Waals surface area contributed by atoms with Crippen molar-refractivity contribution in [2.24, 2.45) is 5.92 Å². The summed E-state index contributed by atoms with van der Waals surface area (Å²) in [6.07, 6.45) is 1.62. The molecule has 5 rings (SSSR count). The Labute approximate surface area is 169 Å². The molecule has 0 saturated carbocycles. The average molecular weight is 392 g/mol. The Morgan fingerprint density at radius 1 is 1.14 bits per heavy atom. The highest BCUT2D eigenvalue weighted by molar-refractivity contribution is 5.93. The lowest BCUT2D eigenvalue weighted by atomic mass is 9.96. The van der Waals surface area contributed by atoms with E-state index < -0.39 is 0 Å². The molecule has 7 heteroatoms. The molecule has 2 aliphatic rings. The first kappa shape index (κ1) is 17.8. The van der Waals surface area contributed by atoms with E-state index in [0.717, 1.165) is 60.9 Å². The normalized spacial score (nSPS) is 16.4. The number of fused-ring (bicyclic) bond motifs is 2. The summed E-state index contributed by atoms with van der Waals surface area (Å²) in [4.78, 5) is 19.9. The van der Waals surface area contributed by atoms with Gasteiger partial charge in [0.05, 0.1) is 11.0 Å². The van der Waals surface area contributed by atoms with E-state index in [9.17, 15) is 4.79 Å². The molecule has 0 spiro atoms. The average Bonchev–Trinajstić information content (AvgIpc) is 3.37. The molecule has 0 radical (unpaired) electrons. The van der Waals surface area contributed by atoms with Crippen molar-refractivity contribution < 1.29 is 14.3 Å². The fourth-order valence-electron chi connectivity index (χ4n) is 4.18. The summed E-state index contributed by atoms with van der Waals surface area (Å²) in [6, 6.07) is 13.7. The van der Waals surface area contributed by atoms with Crippen LogP contribution in [0.3, 0.4) is 0 Å². The van der Waals surface area contributed by atoms with E-state index in [4.69, 9.17) is 14.5 Å². The summed E-state index contributed by atoms with van der Waals surface area (Å²) < 4.78 is 13.0. The van der Waals surface area contributed by atoms with Crippen LogP contribution in [0.5, 0.6) is 11.5 Å². The molecule has 0 aliphatic carbocycles. The van der Waals surface area contributed by atoms with Crippen LogP contribution in [0.4, 0.5) is 11.6 Å². The van der Waals surface area contributed by atoms with Gasteiger partial charge in [0.15, 0.2) is 11.5 Å². The van der Waals surface area contributed by atoms with Crippen molar-refractivity contribution in [1.82, 2.24) is 9.55 Å². The smallest absolute Gasteiger partial charge is 0.231 e. The molecule has 1 amide bonds. The summed E-state index contributed by atoms with van der Waals surface area (Å²) in [5, 5.41) is 3.03. The van der Waals surface area contributed by atoms with E-state index in [1.54, 1.807) is 0 Å². The SMILES string of the molecule is CCn1c(N2CCC(C(=O)Nc3ccc4c(c3)OCO4)CC2)nc2ccccc21. The van der Waals surface area contributed by atoms with E-state index in [-0.39, 0.29) is 18.6 Å². The molecule has 3 aromatic rings. The maximum Gasteiger partial charge on any atom is 0.231 e. The Balaban J connectivity index is 1.25. The number of para-hydroxylation sites is 2. The lowest BCUT2D eigenvalue weighted by Gasteiger charge is -2.32. The minimum atomic E-state index is -0.00359. The fourth-order valence-corrected chi connectivity index (χ4v) is 4.18. The summed E-state index contributed by atoms with van der Waals surface area (Å²) in [6.45, 7) is 4.89. The molecule has 2 aliphatic heterocycles. The summed E-state index contributed by atoms with van der Waals surface area (Å²) in [5.74, 6) is 2.46. The first-order valence-corrected chi connectivity index (χ1v) is 10.1. The van der Waals surface area contributed by atoms with E-state index >= 15 is 0 Å². The van der Waals surface area contributed by atoms with Gasteiger partial charge < -0.3 is 24.3 Å². The van der Waals surface area contributed by atoms with Crippen molar-refractivity contribution >= 4 is 28.6 Å². The van der Waals surface area contributed by atoms with Crippen molar-refractivity contribution in [2.45, 2.75) is 26.3 Å². The van der Waals surface area contributed by atoms with Crippen LogP contribution in [0.1, 0.15) is 19.8 Å². The van der Waals surface area contributed by atoms with E-state index in [1.165, 1.54) is 0 Å². The molecule has 0 bridgehead atoms. The van der Waals surface area contributed by atoms with Gasteiger partial charge in [-0.3, -0.25) is 4.79 Å². The molecule has 29 heavy (non-hydrogen) atoms. The van der Waals surface area contributed by atoms with Crippen LogP contribution in [-0.4, -0.2) is 35.3 Å². The predicted octanol–water partition coefficient (Wildman–Crippen LogP) is 3.64. The number of anilines is 2. The number of amides is 1. The lowest BCUT2D eigenvalue weighted by Crippen LogP contribution is -2.39.